The smallest absolute Gasteiger partial charge is 0.185 e. The highest BCUT2D eigenvalue weighted by atomic mass is 79.9. The Morgan fingerprint density at radius 1 is 0.892 bits per heavy atom. The predicted molar refractivity (Wildman–Crippen MR) is 154 cm³/mol. The van der Waals surface area contributed by atoms with Crippen LogP contribution < -0.4 is 14.2 Å². The van der Waals surface area contributed by atoms with Gasteiger partial charge in [0, 0.05) is 21.7 Å². The van der Waals surface area contributed by atoms with E-state index in [1.165, 1.54) is 32.1 Å². The van der Waals surface area contributed by atoms with E-state index in [1.54, 1.807) is 38.5 Å². The van der Waals surface area contributed by atoms with Crippen molar-refractivity contribution in [3.63, 3.8) is 0 Å². The molecule has 3 aromatic rings. The average molecular weight is 562 g/mol. The van der Waals surface area contributed by atoms with Crippen molar-refractivity contribution in [2.24, 2.45) is 5.92 Å². The molecule has 5 heteroatoms. The number of rotatable bonds is 10. The molecule has 0 heterocycles. The van der Waals surface area contributed by atoms with E-state index in [9.17, 15) is 4.79 Å². The topological polar surface area (TPSA) is 44.8 Å². The lowest BCUT2D eigenvalue weighted by molar-refractivity contribution is 0.104. The average Bonchev–Trinajstić information content (AvgIpc) is 2.94. The summed E-state index contributed by atoms with van der Waals surface area (Å²) in [5.74, 6) is 2.80. The molecule has 0 saturated heterocycles. The van der Waals surface area contributed by atoms with Crippen LogP contribution in [0.3, 0.4) is 0 Å². The molecule has 0 spiro atoms. The molecule has 0 bridgehead atoms. The van der Waals surface area contributed by atoms with Crippen LogP contribution >= 0.6 is 15.9 Å². The van der Waals surface area contributed by atoms with Crippen LogP contribution in [0.2, 0.25) is 0 Å². The van der Waals surface area contributed by atoms with E-state index in [0.29, 0.717) is 23.0 Å². The van der Waals surface area contributed by atoms with Gasteiger partial charge < -0.3 is 14.2 Å². The number of ether oxygens (including phenoxy) is 3. The van der Waals surface area contributed by atoms with Gasteiger partial charge in [-0.15, -0.1) is 0 Å². The molecule has 0 radical (unpaired) electrons. The number of hydrogen-bond acceptors (Lipinski definition) is 4. The monoisotopic (exact) mass is 560 g/mol. The van der Waals surface area contributed by atoms with Crippen molar-refractivity contribution in [2.45, 2.75) is 32.1 Å². The summed E-state index contributed by atoms with van der Waals surface area (Å²) in [6.07, 6.45) is 14.0. The fourth-order valence-corrected chi connectivity index (χ4v) is 4.95. The van der Waals surface area contributed by atoms with Crippen LogP contribution in [0.5, 0.6) is 17.2 Å². The number of carbonyl (C=O) groups excluding carboxylic acids is 1. The molecule has 1 fully saturated rings. The molecule has 4 rings (SSSR count). The minimum atomic E-state index is -0.0853. The third kappa shape index (κ3) is 7.59. The largest absolute Gasteiger partial charge is 0.497 e. The van der Waals surface area contributed by atoms with Crippen LogP contribution in [0.25, 0.3) is 18.2 Å². The van der Waals surface area contributed by atoms with E-state index in [4.69, 9.17) is 14.2 Å². The van der Waals surface area contributed by atoms with E-state index < -0.39 is 0 Å². The van der Waals surface area contributed by atoms with Gasteiger partial charge in [0.25, 0.3) is 0 Å². The van der Waals surface area contributed by atoms with Crippen LogP contribution in [-0.2, 0) is 0 Å². The number of benzene rings is 3. The molecule has 0 amide bonds. The third-order valence-corrected chi connectivity index (χ3v) is 7.15. The van der Waals surface area contributed by atoms with Gasteiger partial charge in [-0.05, 0) is 72.4 Å². The summed E-state index contributed by atoms with van der Waals surface area (Å²) in [6.45, 7) is 0.799. The number of ketones is 1. The van der Waals surface area contributed by atoms with Gasteiger partial charge in [0.2, 0.25) is 0 Å². The molecule has 37 heavy (non-hydrogen) atoms. The molecule has 0 N–H and O–H groups in total. The Kier molecular flexibility index (Phi) is 9.61. The molecule has 0 aromatic heterocycles. The van der Waals surface area contributed by atoms with Crippen molar-refractivity contribution in [3.8, 4) is 17.2 Å². The molecular formula is C32H33BrO4. The quantitative estimate of drug-likeness (QED) is 0.141. The van der Waals surface area contributed by atoms with E-state index >= 15 is 0 Å². The van der Waals surface area contributed by atoms with Crippen LogP contribution in [-0.4, -0.2) is 26.6 Å². The first kappa shape index (κ1) is 26.7. The summed E-state index contributed by atoms with van der Waals surface area (Å²) in [5, 5.41) is 0. The van der Waals surface area contributed by atoms with Crippen LogP contribution in [0.1, 0.15) is 59.2 Å². The van der Waals surface area contributed by atoms with Crippen LogP contribution in [0.4, 0.5) is 0 Å². The lowest BCUT2D eigenvalue weighted by Gasteiger charge is -2.21. The van der Waals surface area contributed by atoms with Gasteiger partial charge in [-0.1, -0.05) is 71.6 Å². The molecule has 0 aliphatic heterocycles. The van der Waals surface area contributed by atoms with Gasteiger partial charge in [0.15, 0.2) is 5.78 Å². The zero-order chi connectivity index (χ0) is 26.0. The molecule has 1 saturated carbocycles. The van der Waals surface area contributed by atoms with Gasteiger partial charge in [-0.2, -0.15) is 0 Å². The Labute approximate surface area is 228 Å². The van der Waals surface area contributed by atoms with E-state index in [1.807, 2.05) is 48.6 Å². The molecule has 1 aliphatic carbocycles. The van der Waals surface area contributed by atoms with Gasteiger partial charge in [-0.25, -0.2) is 0 Å². The Hall–Kier alpha value is -3.31. The second-order valence-electron chi connectivity index (χ2n) is 9.26. The Morgan fingerprint density at radius 2 is 1.68 bits per heavy atom. The van der Waals surface area contributed by atoms with Crippen molar-refractivity contribution in [1.29, 1.82) is 0 Å². The molecule has 1 aliphatic rings. The standard InChI is InChI=1S/C32H33BrO4/c1-35-29-20-25(14-11-23-12-15-28(16-13-23)37-22-24-7-4-3-5-8-24)30(32(21-29)36-2)17-18-31(34)26-9-6-10-27(33)19-26/h6,9-21,24H,3-5,7-8,22H2,1-2H3/b14-11+,18-17+. The minimum Gasteiger partial charge on any atom is -0.497 e. The first-order valence-corrected chi connectivity index (χ1v) is 13.5. The maximum atomic E-state index is 12.8. The summed E-state index contributed by atoms with van der Waals surface area (Å²) in [5.41, 5.74) is 3.34. The molecular weight excluding hydrogens is 528 g/mol. The van der Waals surface area contributed by atoms with Gasteiger partial charge >= 0.3 is 0 Å². The maximum absolute atomic E-state index is 12.8. The summed E-state index contributed by atoms with van der Waals surface area (Å²) >= 11 is 3.42. The summed E-state index contributed by atoms with van der Waals surface area (Å²) < 4.78 is 18.0. The highest BCUT2D eigenvalue weighted by Gasteiger charge is 2.14. The second-order valence-corrected chi connectivity index (χ2v) is 10.2. The van der Waals surface area contributed by atoms with Crippen molar-refractivity contribution >= 4 is 39.9 Å². The molecule has 192 valence electrons. The van der Waals surface area contributed by atoms with Gasteiger partial charge in [-0.3, -0.25) is 4.79 Å². The van der Waals surface area contributed by atoms with Crippen LogP contribution in [0.15, 0.2) is 71.2 Å². The zero-order valence-corrected chi connectivity index (χ0v) is 23.0. The van der Waals surface area contributed by atoms with Crippen molar-refractivity contribution in [2.75, 3.05) is 20.8 Å². The van der Waals surface area contributed by atoms with E-state index in [-0.39, 0.29) is 5.78 Å². The van der Waals surface area contributed by atoms with E-state index in [0.717, 1.165) is 33.5 Å². The molecule has 0 atom stereocenters. The zero-order valence-electron chi connectivity index (χ0n) is 21.4. The Balaban J connectivity index is 1.52. The summed E-state index contributed by atoms with van der Waals surface area (Å²) in [6, 6.07) is 19.2. The number of methoxy groups -OCH3 is 2. The second kappa shape index (κ2) is 13.3. The highest BCUT2D eigenvalue weighted by molar-refractivity contribution is 9.10. The Morgan fingerprint density at radius 3 is 2.38 bits per heavy atom. The molecule has 0 unspecified atom stereocenters. The number of hydrogen-bond donors (Lipinski definition) is 0. The Bertz CT molecular complexity index is 1250. The van der Waals surface area contributed by atoms with Gasteiger partial charge in [0.1, 0.15) is 17.2 Å². The lowest BCUT2D eigenvalue weighted by Crippen LogP contribution is -2.15. The number of allylic oxidation sites excluding steroid dienone is 1. The predicted octanol–water partition coefficient (Wildman–Crippen LogP) is 8.49. The molecule has 4 nitrogen and oxygen atoms in total. The maximum Gasteiger partial charge on any atom is 0.185 e. The lowest BCUT2D eigenvalue weighted by atomic mass is 9.90. The van der Waals surface area contributed by atoms with Crippen molar-refractivity contribution < 1.29 is 19.0 Å². The summed E-state index contributed by atoms with van der Waals surface area (Å²) in [4.78, 5) is 12.8. The number of carbonyl (C=O) groups is 1. The van der Waals surface area contributed by atoms with Crippen LogP contribution in [0, 0.1) is 5.92 Å². The van der Waals surface area contributed by atoms with Crippen molar-refractivity contribution in [1.82, 2.24) is 0 Å². The third-order valence-electron chi connectivity index (χ3n) is 6.66. The highest BCUT2D eigenvalue weighted by Crippen LogP contribution is 2.32. The summed E-state index contributed by atoms with van der Waals surface area (Å²) in [7, 11) is 3.24. The van der Waals surface area contributed by atoms with Gasteiger partial charge in [0.05, 0.1) is 20.8 Å². The normalized spacial score (nSPS) is 14.2. The van der Waals surface area contributed by atoms with Crippen molar-refractivity contribution in [3.05, 3.63) is 93.5 Å². The minimum absolute atomic E-state index is 0.0853. The fourth-order valence-electron chi connectivity index (χ4n) is 4.55. The fraction of sp³-hybridized carbons (Fsp3) is 0.281. The van der Waals surface area contributed by atoms with E-state index in [2.05, 4.69) is 28.1 Å². The number of halogens is 1. The first-order valence-electron chi connectivity index (χ1n) is 12.7. The SMILES string of the molecule is COc1cc(/C=C/c2ccc(OCC3CCCCC3)cc2)c(/C=C/C(=O)c2cccc(Br)c2)c(OC)c1. The first-order chi connectivity index (χ1) is 18.1. The molecule has 3 aromatic carbocycles.